The number of aromatic nitrogens is 2. The molecule has 2 aromatic heterocycles. The summed E-state index contributed by atoms with van der Waals surface area (Å²) in [5.74, 6) is -1.54. The van der Waals surface area contributed by atoms with E-state index in [1.807, 2.05) is 11.6 Å². The highest BCUT2D eigenvalue weighted by Gasteiger charge is 2.21. The molecule has 1 amide bonds. The number of nitrogens with zero attached hydrogens (tertiary/aromatic N) is 2. The summed E-state index contributed by atoms with van der Waals surface area (Å²) in [7, 11) is -4.02. The molecule has 0 atom stereocenters. The van der Waals surface area contributed by atoms with Crippen molar-refractivity contribution in [3.63, 3.8) is 0 Å². The summed E-state index contributed by atoms with van der Waals surface area (Å²) < 4.78 is 31.9. The number of carbonyl (C=O) groups is 1. The van der Waals surface area contributed by atoms with Crippen LogP contribution in [0.4, 0.5) is 0 Å². The summed E-state index contributed by atoms with van der Waals surface area (Å²) in [4.78, 5) is 24.5. The molecular formula is C15H13N3O5S2. The number of hydrogen-bond donors (Lipinski definition) is 1. The second-order valence-corrected chi connectivity index (χ2v) is 7.81. The zero-order valence-electron chi connectivity index (χ0n) is 13.0. The average molecular weight is 379 g/mol. The Kier molecular flexibility index (Phi) is 4.55. The van der Waals surface area contributed by atoms with E-state index in [1.165, 1.54) is 23.5 Å². The first-order chi connectivity index (χ1) is 11.9. The van der Waals surface area contributed by atoms with Crippen LogP contribution in [0.5, 0.6) is 0 Å². The number of amides is 1. The molecule has 0 aliphatic carbocycles. The molecule has 1 aromatic carbocycles. The van der Waals surface area contributed by atoms with E-state index in [1.54, 1.807) is 29.6 Å². The van der Waals surface area contributed by atoms with Gasteiger partial charge in [0.2, 0.25) is 0 Å². The van der Waals surface area contributed by atoms with Crippen molar-refractivity contribution in [3.8, 4) is 10.7 Å². The summed E-state index contributed by atoms with van der Waals surface area (Å²) in [5, 5.41) is 5.41. The number of benzene rings is 1. The fraction of sp³-hybridized carbons (Fsp3) is 0.133. The Morgan fingerprint density at radius 2 is 2.00 bits per heavy atom. The van der Waals surface area contributed by atoms with E-state index in [4.69, 9.17) is 0 Å². The van der Waals surface area contributed by atoms with Crippen molar-refractivity contribution in [3.05, 3.63) is 57.9 Å². The van der Waals surface area contributed by atoms with E-state index in [0.717, 1.165) is 10.1 Å². The van der Waals surface area contributed by atoms with Gasteiger partial charge in [-0.1, -0.05) is 28.9 Å². The number of sulfonamides is 1. The summed E-state index contributed by atoms with van der Waals surface area (Å²) in [6.07, 6.45) is 0. The van der Waals surface area contributed by atoms with Crippen LogP contribution in [0.1, 0.15) is 5.56 Å². The van der Waals surface area contributed by atoms with Gasteiger partial charge in [0.15, 0.2) is 5.82 Å². The minimum atomic E-state index is -4.02. The lowest BCUT2D eigenvalue weighted by Gasteiger charge is -2.08. The Balaban J connectivity index is 1.81. The van der Waals surface area contributed by atoms with Crippen LogP contribution in [-0.4, -0.2) is 24.0 Å². The van der Waals surface area contributed by atoms with Gasteiger partial charge in [0.25, 0.3) is 15.9 Å². The van der Waals surface area contributed by atoms with E-state index in [2.05, 4.69) is 9.68 Å². The Hall–Kier alpha value is -2.72. The molecule has 0 spiro atoms. The molecule has 2 heterocycles. The van der Waals surface area contributed by atoms with Crippen LogP contribution in [0.25, 0.3) is 10.7 Å². The fourth-order valence-electron chi connectivity index (χ4n) is 2.09. The second kappa shape index (κ2) is 6.65. The van der Waals surface area contributed by atoms with Crippen LogP contribution in [0.2, 0.25) is 0 Å². The molecule has 0 fully saturated rings. The third-order valence-electron chi connectivity index (χ3n) is 3.31. The molecule has 130 valence electrons. The first kappa shape index (κ1) is 17.1. The summed E-state index contributed by atoms with van der Waals surface area (Å²) >= 11 is 1.31. The average Bonchev–Trinajstić information content (AvgIpc) is 3.18. The molecule has 1 N–H and O–H groups in total. The molecule has 8 nitrogen and oxygen atoms in total. The third-order valence-corrected chi connectivity index (χ3v) is 5.56. The van der Waals surface area contributed by atoms with E-state index in [-0.39, 0.29) is 10.7 Å². The van der Waals surface area contributed by atoms with Gasteiger partial charge in [-0.15, -0.1) is 11.3 Å². The minimum absolute atomic E-state index is 0.0393. The zero-order chi connectivity index (χ0) is 18.0. The molecule has 0 unspecified atom stereocenters. The van der Waals surface area contributed by atoms with E-state index < -0.39 is 28.2 Å². The Labute approximate surface area is 146 Å². The Morgan fingerprint density at radius 1 is 1.28 bits per heavy atom. The van der Waals surface area contributed by atoms with Crippen molar-refractivity contribution in [1.82, 2.24) is 14.4 Å². The first-order valence-electron chi connectivity index (χ1n) is 7.09. The lowest BCUT2D eigenvalue weighted by atomic mass is 10.2. The lowest BCUT2D eigenvalue weighted by molar-refractivity contribution is -0.119. The van der Waals surface area contributed by atoms with Gasteiger partial charge in [0, 0.05) is 0 Å². The topological polar surface area (TPSA) is 111 Å². The van der Waals surface area contributed by atoms with Crippen molar-refractivity contribution in [1.29, 1.82) is 0 Å². The molecule has 0 aliphatic rings. The SMILES string of the molecule is Cc1ccc(S(=O)(=O)NC(=O)Cn2c(-c3cccs3)noc2=O)cc1. The van der Waals surface area contributed by atoms with Crippen LogP contribution < -0.4 is 10.5 Å². The normalized spacial score (nSPS) is 11.4. The highest BCUT2D eigenvalue weighted by atomic mass is 32.2. The second-order valence-electron chi connectivity index (χ2n) is 5.18. The third kappa shape index (κ3) is 3.69. The molecule has 10 heteroatoms. The monoisotopic (exact) mass is 379 g/mol. The maximum absolute atomic E-state index is 12.2. The smallest absolute Gasteiger partial charge is 0.295 e. The summed E-state index contributed by atoms with van der Waals surface area (Å²) in [6, 6.07) is 9.50. The van der Waals surface area contributed by atoms with Crippen molar-refractivity contribution >= 4 is 27.3 Å². The maximum atomic E-state index is 12.2. The van der Waals surface area contributed by atoms with Gasteiger partial charge in [-0.2, -0.15) is 0 Å². The highest BCUT2D eigenvalue weighted by Crippen LogP contribution is 2.21. The summed E-state index contributed by atoms with van der Waals surface area (Å²) in [6.45, 7) is 1.29. The lowest BCUT2D eigenvalue weighted by Crippen LogP contribution is -2.35. The van der Waals surface area contributed by atoms with Gasteiger partial charge in [-0.05, 0) is 30.5 Å². The van der Waals surface area contributed by atoms with Gasteiger partial charge in [-0.3, -0.25) is 9.32 Å². The molecular weight excluding hydrogens is 366 g/mol. The van der Waals surface area contributed by atoms with Gasteiger partial charge in [0.05, 0.1) is 9.77 Å². The molecule has 0 aliphatic heterocycles. The van der Waals surface area contributed by atoms with Crippen molar-refractivity contribution in [2.45, 2.75) is 18.4 Å². The molecule has 3 aromatic rings. The predicted molar refractivity (Wildman–Crippen MR) is 90.6 cm³/mol. The molecule has 3 rings (SSSR count). The van der Waals surface area contributed by atoms with E-state index in [9.17, 15) is 18.0 Å². The quantitative estimate of drug-likeness (QED) is 0.717. The largest absolute Gasteiger partial charge is 0.442 e. The van der Waals surface area contributed by atoms with Crippen molar-refractivity contribution in [2.75, 3.05) is 0 Å². The number of nitrogens with one attached hydrogen (secondary N) is 1. The number of thiophene rings is 1. The van der Waals surface area contributed by atoms with Crippen molar-refractivity contribution in [2.24, 2.45) is 0 Å². The van der Waals surface area contributed by atoms with Gasteiger partial charge in [-0.25, -0.2) is 22.5 Å². The highest BCUT2D eigenvalue weighted by molar-refractivity contribution is 7.90. The fourth-order valence-corrected chi connectivity index (χ4v) is 3.78. The van der Waals surface area contributed by atoms with Gasteiger partial charge < -0.3 is 0 Å². The maximum Gasteiger partial charge on any atom is 0.442 e. The van der Waals surface area contributed by atoms with Gasteiger partial charge in [0.1, 0.15) is 6.54 Å². The Morgan fingerprint density at radius 3 is 2.64 bits per heavy atom. The van der Waals surface area contributed by atoms with Crippen LogP contribution in [-0.2, 0) is 21.4 Å². The van der Waals surface area contributed by atoms with Crippen molar-refractivity contribution < 1.29 is 17.7 Å². The minimum Gasteiger partial charge on any atom is -0.295 e. The number of aryl methyl sites for hydroxylation is 1. The van der Waals surface area contributed by atoms with E-state index in [0.29, 0.717) is 4.88 Å². The summed E-state index contributed by atoms with van der Waals surface area (Å²) in [5.41, 5.74) is 0.891. The Bertz CT molecular complexity index is 1050. The predicted octanol–water partition coefficient (Wildman–Crippen LogP) is 1.38. The van der Waals surface area contributed by atoms with Crippen LogP contribution in [0.3, 0.4) is 0 Å². The molecule has 0 bridgehead atoms. The van der Waals surface area contributed by atoms with Gasteiger partial charge >= 0.3 is 5.76 Å². The van der Waals surface area contributed by atoms with Crippen LogP contribution in [0, 0.1) is 6.92 Å². The molecule has 0 saturated heterocycles. The molecule has 0 saturated carbocycles. The first-order valence-corrected chi connectivity index (χ1v) is 9.46. The molecule has 0 radical (unpaired) electrons. The van der Waals surface area contributed by atoms with E-state index >= 15 is 0 Å². The standard InChI is InChI=1S/C15H13N3O5S2/c1-10-4-6-11(7-5-10)25(21,22)17-13(19)9-18-14(16-23-15(18)20)12-3-2-8-24-12/h2-8H,9H2,1H3,(H,17,19). The van der Waals surface area contributed by atoms with Crippen LogP contribution >= 0.6 is 11.3 Å². The number of hydrogen-bond acceptors (Lipinski definition) is 7. The zero-order valence-corrected chi connectivity index (χ0v) is 14.6. The van der Waals surface area contributed by atoms with Crippen LogP contribution in [0.15, 0.2) is 56.0 Å². The molecule has 25 heavy (non-hydrogen) atoms. The number of carbonyl (C=O) groups excluding carboxylic acids is 1. The number of rotatable bonds is 5.